The Morgan fingerprint density at radius 2 is 1.71 bits per heavy atom. The van der Waals surface area contributed by atoms with E-state index in [9.17, 15) is 4.57 Å². The van der Waals surface area contributed by atoms with Crippen molar-refractivity contribution in [3.05, 3.63) is 17.7 Å². The Labute approximate surface area is 165 Å². The molecule has 0 saturated heterocycles. The summed E-state index contributed by atoms with van der Waals surface area (Å²) >= 11 is 0. The molecule has 11 nitrogen and oxygen atoms in total. The Morgan fingerprint density at radius 3 is 1.95 bits per heavy atom. The summed E-state index contributed by atoms with van der Waals surface area (Å²) < 4.78 is 19.3. The number of aliphatic hydroxyl groups excluding tert-OH is 1. The second kappa shape index (κ2) is 16.3. The fourth-order valence-electron chi connectivity index (χ4n) is 0.878. The Kier molecular flexibility index (Phi) is 26.2. The van der Waals surface area contributed by atoms with Gasteiger partial charge in [0.05, 0.1) is 5.69 Å². The molecule has 1 aromatic rings. The van der Waals surface area contributed by atoms with Crippen LogP contribution in [0.4, 0.5) is 0 Å². The van der Waals surface area contributed by atoms with Gasteiger partial charge in [0.25, 0.3) is 0 Å². The Morgan fingerprint density at radius 1 is 1.33 bits per heavy atom. The summed E-state index contributed by atoms with van der Waals surface area (Å²) in [7, 11) is -7.54. The number of hydrogen-bond donors (Lipinski definition) is 6. The molecule has 120 valence electrons. The van der Waals surface area contributed by atoms with Gasteiger partial charge >= 0.3 is 75.0 Å². The number of aliphatic hydroxyl groups is 1. The molecule has 0 amide bonds. The molecular formula is C6H20N2Na2O9P2. The molecule has 1 atom stereocenters. The molecule has 0 bridgehead atoms. The maximum atomic E-state index is 10.5. The summed E-state index contributed by atoms with van der Waals surface area (Å²) in [4.78, 5) is 38.1. The van der Waals surface area contributed by atoms with Gasteiger partial charge in [-0.25, -0.2) is 4.98 Å². The first kappa shape index (κ1) is 33.9. The van der Waals surface area contributed by atoms with Crippen LogP contribution in [0, 0.1) is 6.92 Å². The Hall–Kier alpha value is 1.39. The fraction of sp³-hybridized carbons (Fsp3) is 0.500. The average Bonchev–Trinajstić information content (AvgIpc) is 2.48. The molecule has 21 heavy (non-hydrogen) atoms. The van der Waals surface area contributed by atoms with Crippen molar-refractivity contribution >= 4 is 75.0 Å². The summed E-state index contributed by atoms with van der Waals surface area (Å²) in [5.41, 5.74) is 0.438. The third-order valence-electron chi connectivity index (χ3n) is 1.54. The van der Waals surface area contributed by atoms with Crippen LogP contribution in [0.2, 0.25) is 0 Å². The van der Waals surface area contributed by atoms with Gasteiger partial charge in [0, 0.05) is 12.6 Å². The van der Waals surface area contributed by atoms with Gasteiger partial charge in [0.2, 0.25) is 0 Å². The molecule has 1 heterocycles. The number of imidazole rings is 1. The first-order valence-corrected chi connectivity index (χ1v) is 7.27. The number of aromatic nitrogens is 2. The minimum absolute atomic E-state index is 0. The molecule has 0 aliphatic heterocycles. The SMILES string of the molecule is Cc1nc(CC(O)P(=O)(O)O)c[nH]1.O.O.O=[PH](O)O.[NaH].[NaH]. The van der Waals surface area contributed by atoms with E-state index in [2.05, 4.69) is 9.97 Å². The van der Waals surface area contributed by atoms with Crippen LogP contribution in [0.5, 0.6) is 0 Å². The molecule has 0 saturated carbocycles. The minimum atomic E-state index is -4.41. The molecular weight excluding hydrogens is 352 g/mol. The first-order chi connectivity index (χ1) is 7.62. The van der Waals surface area contributed by atoms with E-state index < -0.39 is 21.7 Å². The third kappa shape index (κ3) is 19.3. The van der Waals surface area contributed by atoms with E-state index in [-0.39, 0.29) is 76.5 Å². The van der Waals surface area contributed by atoms with E-state index >= 15 is 0 Å². The average molecular weight is 372 g/mol. The zero-order valence-corrected chi connectivity index (χ0v) is 11.7. The molecule has 0 aliphatic carbocycles. The fourth-order valence-corrected chi connectivity index (χ4v) is 1.30. The van der Waals surface area contributed by atoms with Crippen molar-refractivity contribution in [2.24, 2.45) is 0 Å². The molecule has 0 aliphatic rings. The van der Waals surface area contributed by atoms with Gasteiger partial charge in [0.15, 0.2) is 5.85 Å². The number of aryl methyl sites for hydroxylation is 1. The Balaban J connectivity index is -0.0000000961. The predicted molar refractivity (Wildman–Crippen MR) is 80.0 cm³/mol. The van der Waals surface area contributed by atoms with E-state index in [1.165, 1.54) is 6.20 Å². The van der Waals surface area contributed by atoms with Gasteiger partial charge in [-0.05, 0) is 6.92 Å². The van der Waals surface area contributed by atoms with E-state index in [1.54, 1.807) is 6.92 Å². The van der Waals surface area contributed by atoms with Gasteiger partial charge in [0.1, 0.15) is 5.82 Å². The van der Waals surface area contributed by atoms with Crippen molar-refractivity contribution in [2.75, 3.05) is 0 Å². The predicted octanol–water partition coefficient (Wildman–Crippen LogP) is -3.83. The van der Waals surface area contributed by atoms with Crippen molar-refractivity contribution in [3.63, 3.8) is 0 Å². The Bertz CT molecular complexity index is 422. The van der Waals surface area contributed by atoms with Gasteiger partial charge in [-0.1, -0.05) is 0 Å². The second-order valence-electron chi connectivity index (χ2n) is 3.03. The zero-order chi connectivity index (χ0) is 13.6. The van der Waals surface area contributed by atoms with E-state index in [0.717, 1.165) is 0 Å². The van der Waals surface area contributed by atoms with E-state index in [0.29, 0.717) is 11.5 Å². The van der Waals surface area contributed by atoms with Crippen LogP contribution in [0.3, 0.4) is 0 Å². The van der Waals surface area contributed by atoms with Crippen molar-refractivity contribution in [1.82, 2.24) is 9.97 Å². The number of rotatable bonds is 3. The summed E-state index contributed by atoms with van der Waals surface area (Å²) in [6.45, 7) is 1.72. The number of hydrogen-bond acceptors (Lipinski definition) is 4. The van der Waals surface area contributed by atoms with Gasteiger partial charge < -0.3 is 40.6 Å². The number of nitrogens with zero attached hydrogens (tertiary/aromatic N) is 1. The van der Waals surface area contributed by atoms with Crippen LogP contribution in [0.1, 0.15) is 11.5 Å². The first-order valence-electron chi connectivity index (χ1n) is 4.29. The quantitative estimate of drug-likeness (QED) is 0.227. The number of aromatic amines is 1. The number of nitrogens with one attached hydrogen (secondary N) is 1. The zero-order valence-electron chi connectivity index (χ0n) is 9.81. The van der Waals surface area contributed by atoms with Crippen LogP contribution < -0.4 is 0 Å². The summed E-state index contributed by atoms with van der Waals surface area (Å²) in [6.07, 6.45) is 1.36. The standard InChI is InChI=1S/C6H11N2O4P.2Na.H3O3P.2H2O.2H/c1-4-7-3-5(8-4)2-6(9)13(10,11)12;;;1-4(2)3;;;;/h3,6,9H,2H2,1H3,(H,7,8)(H2,10,11,12);;;4H,(H2,1,2,3);2*1H2;;. The molecule has 10 N–H and O–H groups in total. The van der Waals surface area contributed by atoms with Crippen LogP contribution in [0.15, 0.2) is 6.20 Å². The summed E-state index contributed by atoms with van der Waals surface area (Å²) in [5, 5.41) is 9.03. The molecule has 1 rings (SSSR count). The van der Waals surface area contributed by atoms with Crippen molar-refractivity contribution in [2.45, 2.75) is 19.2 Å². The molecule has 0 radical (unpaired) electrons. The van der Waals surface area contributed by atoms with Gasteiger partial charge in [-0.2, -0.15) is 0 Å². The molecule has 0 fully saturated rings. The molecule has 1 aromatic heterocycles. The monoisotopic (exact) mass is 372 g/mol. The normalized spacial score (nSPS) is 10.6. The van der Waals surface area contributed by atoms with Crippen LogP contribution in [-0.2, 0) is 15.6 Å². The molecule has 0 aromatic carbocycles. The maximum absolute atomic E-state index is 10.5. The van der Waals surface area contributed by atoms with Crippen LogP contribution >= 0.6 is 15.9 Å². The molecule has 1 unspecified atom stereocenters. The van der Waals surface area contributed by atoms with Gasteiger partial charge in [-0.3, -0.25) is 9.13 Å². The topological polar surface area (TPSA) is 227 Å². The summed E-state index contributed by atoms with van der Waals surface area (Å²) in [6, 6.07) is 0. The van der Waals surface area contributed by atoms with Crippen molar-refractivity contribution < 1.29 is 44.8 Å². The van der Waals surface area contributed by atoms with Gasteiger partial charge in [-0.15, -0.1) is 0 Å². The van der Waals surface area contributed by atoms with Crippen molar-refractivity contribution in [1.29, 1.82) is 0 Å². The van der Waals surface area contributed by atoms with E-state index in [4.69, 9.17) is 29.2 Å². The molecule has 0 spiro atoms. The van der Waals surface area contributed by atoms with Crippen LogP contribution in [-0.4, -0.2) is 111 Å². The second-order valence-corrected chi connectivity index (χ2v) is 5.37. The number of H-pyrrole nitrogens is 1. The van der Waals surface area contributed by atoms with E-state index in [1.807, 2.05) is 0 Å². The van der Waals surface area contributed by atoms with Crippen LogP contribution in [0.25, 0.3) is 0 Å². The summed E-state index contributed by atoms with van der Waals surface area (Å²) in [5.74, 6) is -1.02. The molecule has 15 heteroatoms. The third-order valence-corrected chi connectivity index (χ3v) is 2.50. The van der Waals surface area contributed by atoms with Crippen molar-refractivity contribution in [3.8, 4) is 0 Å².